The van der Waals surface area contributed by atoms with Crippen molar-refractivity contribution >= 4 is 11.9 Å². The van der Waals surface area contributed by atoms with Crippen molar-refractivity contribution in [2.45, 2.75) is 0 Å². The predicted molar refractivity (Wildman–Crippen MR) is 63.7 cm³/mol. The van der Waals surface area contributed by atoms with Crippen LogP contribution in [0.3, 0.4) is 0 Å². The average Bonchev–Trinajstić information content (AvgIpc) is 2.46. The van der Waals surface area contributed by atoms with E-state index in [1.807, 2.05) is 0 Å². The van der Waals surface area contributed by atoms with Gasteiger partial charge in [-0.15, -0.1) is 0 Å². The number of hydrogen-bond donors (Lipinski definition) is 0. The normalized spacial score (nSPS) is 8.60. The maximum absolute atomic E-state index is 11.5. The second kappa shape index (κ2) is 9.25. The van der Waals surface area contributed by atoms with Crippen molar-refractivity contribution in [2.24, 2.45) is 0 Å². The first-order valence-electron chi connectivity index (χ1n) is 5.30. The van der Waals surface area contributed by atoms with Gasteiger partial charge in [0.1, 0.15) is 0 Å². The van der Waals surface area contributed by atoms with Crippen LogP contribution in [0.25, 0.3) is 0 Å². The molecule has 0 fully saturated rings. The summed E-state index contributed by atoms with van der Waals surface area (Å²) in [7, 11) is 0. The Kier molecular flexibility index (Phi) is 8.47. The Balaban J connectivity index is 0.00000180. The van der Waals surface area contributed by atoms with Gasteiger partial charge in [0.05, 0.1) is 11.1 Å². The summed E-state index contributed by atoms with van der Waals surface area (Å²) >= 11 is 0. The Morgan fingerprint density at radius 3 is 1.25 bits per heavy atom. The number of halogens is 1. The van der Waals surface area contributed by atoms with Crippen LogP contribution in [-0.2, 0) is 9.78 Å². The van der Waals surface area contributed by atoms with Gasteiger partial charge in [-0.1, -0.05) is 36.4 Å². The summed E-state index contributed by atoms with van der Waals surface area (Å²) in [5, 5.41) is 0. The van der Waals surface area contributed by atoms with Crippen LogP contribution in [0.2, 0.25) is 0 Å². The van der Waals surface area contributed by atoms with Crippen molar-refractivity contribution in [1.82, 2.24) is 0 Å². The molecular weight excluding hydrogens is 274 g/mol. The molecule has 0 saturated heterocycles. The van der Waals surface area contributed by atoms with Gasteiger partial charge in [-0.2, -0.15) is 0 Å². The van der Waals surface area contributed by atoms with Crippen molar-refractivity contribution < 1.29 is 53.6 Å². The maximum atomic E-state index is 11.5. The molecule has 6 heteroatoms. The van der Waals surface area contributed by atoms with Crippen molar-refractivity contribution in [2.75, 3.05) is 0 Å². The minimum Gasteiger partial charge on any atom is -1.00 e. The zero-order chi connectivity index (χ0) is 12.8. The van der Waals surface area contributed by atoms with Gasteiger partial charge in [-0.25, -0.2) is 19.4 Å². The molecule has 2 aromatic carbocycles. The van der Waals surface area contributed by atoms with Gasteiger partial charge in [0.15, 0.2) is 0 Å². The molecule has 0 aliphatic rings. The summed E-state index contributed by atoms with van der Waals surface area (Å²) in [6.45, 7) is 0. The molecule has 0 unspecified atom stereocenters. The second-order valence-corrected chi connectivity index (χ2v) is 3.47. The van der Waals surface area contributed by atoms with Crippen LogP contribution in [0.15, 0.2) is 60.7 Å². The Morgan fingerprint density at radius 2 is 0.950 bits per heavy atom. The Bertz CT molecular complexity index is 494. The molecule has 0 aromatic heterocycles. The molecule has 0 N–H and O–H groups in total. The van der Waals surface area contributed by atoms with Gasteiger partial charge in [-0.3, -0.25) is 0 Å². The molecular formula is C14H10FNaO4. The van der Waals surface area contributed by atoms with Gasteiger partial charge in [0.25, 0.3) is 0 Å². The monoisotopic (exact) mass is 284 g/mol. The summed E-state index contributed by atoms with van der Waals surface area (Å²) in [6, 6.07) is 16.6. The molecule has 4 nitrogen and oxygen atoms in total. The van der Waals surface area contributed by atoms with Crippen molar-refractivity contribution in [3.05, 3.63) is 71.8 Å². The van der Waals surface area contributed by atoms with Crippen LogP contribution >= 0.6 is 0 Å². The molecule has 0 heterocycles. The van der Waals surface area contributed by atoms with E-state index >= 15 is 0 Å². The van der Waals surface area contributed by atoms with E-state index in [9.17, 15) is 9.59 Å². The topological polar surface area (TPSA) is 52.6 Å². The Hall–Kier alpha value is -1.69. The predicted octanol–water partition coefficient (Wildman–Crippen LogP) is -3.38. The quantitative estimate of drug-likeness (QED) is 0.328. The SMILES string of the molecule is O=C(OOC(=O)c1ccccc1)c1ccccc1.[F-].[Na+]. The summed E-state index contributed by atoms with van der Waals surface area (Å²) in [4.78, 5) is 31.9. The average molecular weight is 284 g/mol. The first-order chi connectivity index (χ1) is 8.77. The number of hydrogen-bond acceptors (Lipinski definition) is 4. The van der Waals surface area contributed by atoms with E-state index < -0.39 is 11.9 Å². The van der Waals surface area contributed by atoms with Gasteiger partial charge < -0.3 is 4.70 Å². The fourth-order valence-electron chi connectivity index (χ4n) is 1.32. The molecule has 2 rings (SSSR count). The first kappa shape index (κ1) is 18.3. The molecule has 98 valence electrons. The minimum atomic E-state index is -0.708. The molecule has 0 amide bonds. The van der Waals surface area contributed by atoms with E-state index in [0.29, 0.717) is 11.1 Å². The molecule has 0 spiro atoms. The molecule has 0 aliphatic heterocycles. The summed E-state index contributed by atoms with van der Waals surface area (Å²) < 4.78 is 0. The molecule has 0 saturated carbocycles. The molecule has 0 aliphatic carbocycles. The third-order valence-corrected chi connectivity index (χ3v) is 2.21. The van der Waals surface area contributed by atoms with E-state index in [1.54, 1.807) is 60.7 Å². The van der Waals surface area contributed by atoms with Gasteiger partial charge in [0.2, 0.25) is 0 Å². The van der Waals surface area contributed by atoms with Crippen LogP contribution in [-0.4, -0.2) is 11.9 Å². The second-order valence-electron chi connectivity index (χ2n) is 3.47. The smallest absolute Gasteiger partial charge is 1.00 e. The van der Waals surface area contributed by atoms with E-state index in [0.717, 1.165) is 0 Å². The first-order valence-corrected chi connectivity index (χ1v) is 5.30. The number of carbonyl (C=O) groups is 2. The molecule has 2 aromatic rings. The summed E-state index contributed by atoms with van der Waals surface area (Å²) in [5.41, 5.74) is 0.636. The minimum absolute atomic E-state index is 0. The number of benzene rings is 2. The molecule has 0 atom stereocenters. The largest absolute Gasteiger partial charge is 1.00 e. The molecule has 0 bridgehead atoms. The van der Waals surface area contributed by atoms with Crippen molar-refractivity contribution in [3.63, 3.8) is 0 Å². The number of carbonyl (C=O) groups excluding carboxylic acids is 2. The third kappa shape index (κ3) is 5.13. The zero-order valence-corrected chi connectivity index (χ0v) is 12.8. The maximum Gasteiger partial charge on any atom is 1.00 e. The van der Waals surface area contributed by atoms with Crippen LogP contribution in [0.5, 0.6) is 0 Å². The van der Waals surface area contributed by atoms with Crippen LogP contribution in [0.4, 0.5) is 0 Å². The standard InChI is InChI=1S/C14H10O4.FH.Na/c15-13(11-7-3-1-4-8-11)17-18-14(16)12-9-5-2-6-10-12;;/h1-10H;1H;/q;;+1/p-1. The van der Waals surface area contributed by atoms with Crippen molar-refractivity contribution in [3.8, 4) is 0 Å². The van der Waals surface area contributed by atoms with E-state index in [2.05, 4.69) is 9.78 Å². The third-order valence-electron chi connectivity index (χ3n) is 2.21. The van der Waals surface area contributed by atoms with Crippen molar-refractivity contribution in [1.29, 1.82) is 0 Å². The van der Waals surface area contributed by atoms with Crippen LogP contribution in [0.1, 0.15) is 20.7 Å². The summed E-state index contributed by atoms with van der Waals surface area (Å²) in [5.74, 6) is -1.42. The van der Waals surface area contributed by atoms with E-state index in [4.69, 9.17) is 0 Å². The van der Waals surface area contributed by atoms with Crippen LogP contribution < -0.4 is 34.3 Å². The molecule has 20 heavy (non-hydrogen) atoms. The van der Waals surface area contributed by atoms with E-state index in [1.165, 1.54) is 0 Å². The Morgan fingerprint density at radius 1 is 0.650 bits per heavy atom. The van der Waals surface area contributed by atoms with Gasteiger partial charge in [0, 0.05) is 0 Å². The van der Waals surface area contributed by atoms with Crippen LogP contribution in [0, 0.1) is 0 Å². The molecule has 0 radical (unpaired) electrons. The summed E-state index contributed by atoms with van der Waals surface area (Å²) in [6.07, 6.45) is 0. The number of rotatable bonds is 2. The van der Waals surface area contributed by atoms with Gasteiger partial charge >= 0.3 is 41.5 Å². The van der Waals surface area contributed by atoms with E-state index in [-0.39, 0.29) is 34.3 Å². The Labute approximate surface area is 137 Å². The van der Waals surface area contributed by atoms with Gasteiger partial charge in [-0.05, 0) is 24.3 Å². The zero-order valence-electron chi connectivity index (χ0n) is 10.8. The fraction of sp³-hybridized carbons (Fsp3) is 0. The fourth-order valence-corrected chi connectivity index (χ4v) is 1.32.